The minimum absolute atomic E-state index is 0.131. The van der Waals surface area contributed by atoms with Gasteiger partial charge in [0.15, 0.2) is 6.04 Å². The molecule has 3 unspecified atom stereocenters. The summed E-state index contributed by atoms with van der Waals surface area (Å²) in [7, 11) is -4.75. The maximum absolute atomic E-state index is 12.2. The number of carboxylic acid groups (broad SMARTS) is 1. The zero-order valence-corrected chi connectivity index (χ0v) is 32.1. The number of carbonyl (C=O) groups is 3. The fraction of sp³-hybridized carbons (Fsp3) is 0.816. The summed E-state index contributed by atoms with van der Waals surface area (Å²) in [6.07, 6.45) is 32.1. The van der Waals surface area contributed by atoms with Crippen molar-refractivity contribution in [3.63, 3.8) is 0 Å². The van der Waals surface area contributed by atoms with E-state index in [2.05, 4.69) is 43.5 Å². The Morgan fingerprint density at radius 3 is 1.68 bits per heavy atom. The number of aliphatic carboxylic acids is 1. The summed E-state index contributed by atoms with van der Waals surface area (Å²) in [4.78, 5) is 45.7. The number of aliphatic hydroxyl groups excluding tert-OH is 1. The molecule has 0 spiro atoms. The van der Waals surface area contributed by atoms with Gasteiger partial charge in [-0.15, -0.1) is 0 Å². The number of hydrogen-bond acceptors (Lipinski definition) is 8. The molecule has 0 bridgehead atoms. The van der Waals surface area contributed by atoms with E-state index in [9.17, 15) is 34.1 Å². The van der Waals surface area contributed by atoms with Crippen molar-refractivity contribution in [2.24, 2.45) is 0 Å². The number of carboxylic acids is 1. The molecule has 1 amide bonds. The van der Waals surface area contributed by atoms with Gasteiger partial charge in [0.25, 0.3) is 0 Å². The lowest BCUT2D eigenvalue weighted by Crippen LogP contribution is -2.43. The third-order valence-electron chi connectivity index (χ3n) is 8.24. The minimum atomic E-state index is -4.75. The topological polar surface area (TPSA) is 169 Å². The highest BCUT2D eigenvalue weighted by Gasteiger charge is 2.28. The van der Waals surface area contributed by atoms with E-state index in [0.717, 1.165) is 64.2 Å². The Labute approximate surface area is 302 Å². The maximum atomic E-state index is 12.2. The van der Waals surface area contributed by atoms with Crippen LogP contribution in [0.3, 0.4) is 0 Å². The molecule has 0 saturated heterocycles. The highest BCUT2D eigenvalue weighted by molar-refractivity contribution is 7.47. The Bertz CT molecular complexity index is 958. The Morgan fingerprint density at radius 1 is 0.640 bits per heavy atom. The quantitative estimate of drug-likeness (QED) is 0.0211. The predicted molar refractivity (Wildman–Crippen MR) is 199 cm³/mol. The van der Waals surface area contributed by atoms with Crippen LogP contribution in [0.2, 0.25) is 0 Å². The molecule has 0 aromatic carbocycles. The highest BCUT2D eigenvalue weighted by Crippen LogP contribution is 2.43. The van der Waals surface area contributed by atoms with E-state index in [1.807, 2.05) is 0 Å². The molecule has 4 N–H and O–H groups in total. The van der Waals surface area contributed by atoms with Crippen LogP contribution in [0.1, 0.15) is 168 Å². The molecule has 0 aliphatic heterocycles. The first-order valence-electron chi connectivity index (χ1n) is 19.4. The van der Waals surface area contributed by atoms with Gasteiger partial charge >= 0.3 is 19.8 Å². The molecule has 0 aromatic rings. The van der Waals surface area contributed by atoms with Gasteiger partial charge in [0, 0.05) is 12.8 Å². The number of carbonyl (C=O) groups excluding carboxylic acids is 2. The predicted octanol–water partition coefficient (Wildman–Crippen LogP) is 9.11. The van der Waals surface area contributed by atoms with Crippen LogP contribution in [-0.2, 0) is 32.7 Å². The van der Waals surface area contributed by atoms with Gasteiger partial charge in [-0.3, -0.25) is 18.6 Å². The lowest BCUT2D eigenvalue weighted by atomic mass is 10.0. The van der Waals surface area contributed by atoms with E-state index in [-0.39, 0.29) is 12.8 Å². The van der Waals surface area contributed by atoms with Crippen molar-refractivity contribution in [3.8, 4) is 0 Å². The minimum Gasteiger partial charge on any atom is -0.480 e. The van der Waals surface area contributed by atoms with E-state index in [1.54, 1.807) is 0 Å². The van der Waals surface area contributed by atoms with Crippen molar-refractivity contribution >= 4 is 25.7 Å². The number of esters is 1. The number of amides is 1. The van der Waals surface area contributed by atoms with Crippen molar-refractivity contribution in [1.29, 1.82) is 0 Å². The molecule has 0 aromatic heterocycles. The van der Waals surface area contributed by atoms with Crippen LogP contribution in [0.5, 0.6) is 0 Å². The molecule has 11 nitrogen and oxygen atoms in total. The van der Waals surface area contributed by atoms with Crippen LogP contribution in [0.4, 0.5) is 0 Å². The summed E-state index contributed by atoms with van der Waals surface area (Å²) >= 11 is 0. The van der Waals surface area contributed by atoms with Crippen LogP contribution >= 0.6 is 7.82 Å². The molecular weight excluding hydrogens is 661 g/mol. The standard InChI is InChI=1S/C38H70NO10P/c1-3-5-7-9-11-13-15-17-18-19-21-23-25-27-29-36(41)39-35(38(43)44)33-49-50(45,46)48-32-34(40)31-47-37(42)30-28-26-24-22-20-16-14-12-10-8-6-4-2/h9,11,15,17,34-35,40H,3-8,10,12-14,16,18-33H2,1-2H3,(H,39,41)(H,43,44)(H,45,46)/b11-9-,17-15-. The van der Waals surface area contributed by atoms with Gasteiger partial charge in [-0.1, -0.05) is 141 Å². The summed E-state index contributed by atoms with van der Waals surface area (Å²) in [5.41, 5.74) is 0. The summed E-state index contributed by atoms with van der Waals surface area (Å²) in [5.74, 6) is -2.39. The van der Waals surface area contributed by atoms with E-state index in [1.165, 1.54) is 64.2 Å². The first-order valence-corrected chi connectivity index (χ1v) is 20.9. The molecule has 0 saturated carbocycles. The van der Waals surface area contributed by atoms with Crippen molar-refractivity contribution in [1.82, 2.24) is 5.32 Å². The van der Waals surface area contributed by atoms with E-state index >= 15 is 0 Å². The van der Waals surface area contributed by atoms with Crippen molar-refractivity contribution < 1.29 is 47.8 Å². The largest absolute Gasteiger partial charge is 0.480 e. The number of aliphatic hydroxyl groups is 1. The number of ether oxygens (including phenoxy) is 1. The maximum Gasteiger partial charge on any atom is 0.472 e. The second kappa shape index (κ2) is 34.1. The summed E-state index contributed by atoms with van der Waals surface area (Å²) in [5, 5.41) is 21.7. The molecule has 12 heteroatoms. The summed E-state index contributed by atoms with van der Waals surface area (Å²) < 4.78 is 26.7. The average molecular weight is 732 g/mol. The third-order valence-corrected chi connectivity index (χ3v) is 9.19. The lowest BCUT2D eigenvalue weighted by molar-refractivity contribution is -0.147. The normalized spacial score (nSPS) is 14.2. The lowest BCUT2D eigenvalue weighted by Gasteiger charge is -2.18. The number of rotatable bonds is 36. The Kier molecular flexibility index (Phi) is 32.7. The molecule has 3 atom stereocenters. The number of phosphoric acid groups is 1. The zero-order chi connectivity index (χ0) is 37.1. The van der Waals surface area contributed by atoms with E-state index in [4.69, 9.17) is 13.8 Å². The van der Waals surface area contributed by atoms with Crippen molar-refractivity contribution in [3.05, 3.63) is 24.3 Å². The van der Waals surface area contributed by atoms with Crippen LogP contribution in [0.25, 0.3) is 0 Å². The average Bonchev–Trinajstić information content (AvgIpc) is 3.08. The molecule has 0 radical (unpaired) electrons. The number of unbranched alkanes of at least 4 members (excludes halogenated alkanes) is 18. The van der Waals surface area contributed by atoms with Gasteiger partial charge in [-0.05, 0) is 38.5 Å². The second-order valence-corrected chi connectivity index (χ2v) is 14.6. The first-order chi connectivity index (χ1) is 24.1. The zero-order valence-electron chi connectivity index (χ0n) is 31.2. The van der Waals surface area contributed by atoms with Crippen molar-refractivity contribution in [2.45, 2.75) is 180 Å². The van der Waals surface area contributed by atoms with Gasteiger partial charge in [-0.25, -0.2) is 9.36 Å². The molecule has 0 aliphatic rings. The first kappa shape index (κ1) is 48.0. The number of phosphoric ester groups is 1. The van der Waals surface area contributed by atoms with Gasteiger partial charge in [0.05, 0.1) is 13.2 Å². The van der Waals surface area contributed by atoms with E-state index < -0.39 is 57.6 Å². The van der Waals surface area contributed by atoms with Crippen LogP contribution in [0.15, 0.2) is 24.3 Å². The number of nitrogens with one attached hydrogen (secondary N) is 1. The summed E-state index contributed by atoms with van der Waals surface area (Å²) in [6.45, 7) is 2.52. The van der Waals surface area contributed by atoms with Crippen LogP contribution < -0.4 is 5.32 Å². The van der Waals surface area contributed by atoms with Gasteiger partial charge in [-0.2, -0.15) is 0 Å². The number of hydrogen-bond donors (Lipinski definition) is 4. The third kappa shape index (κ3) is 33.1. The second-order valence-electron chi connectivity index (χ2n) is 13.1. The summed E-state index contributed by atoms with van der Waals surface area (Å²) in [6, 6.07) is -1.55. The molecule has 50 heavy (non-hydrogen) atoms. The smallest absolute Gasteiger partial charge is 0.472 e. The molecule has 0 rings (SSSR count). The fourth-order valence-corrected chi connectivity index (χ4v) is 5.93. The number of allylic oxidation sites excluding steroid dienone is 4. The van der Waals surface area contributed by atoms with Crippen LogP contribution in [0, 0.1) is 0 Å². The fourth-order valence-electron chi connectivity index (χ4n) is 5.15. The van der Waals surface area contributed by atoms with Crippen molar-refractivity contribution in [2.75, 3.05) is 19.8 Å². The Morgan fingerprint density at radius 2 is 1.12 bits per heavy atom. The van der Waals surface area contributed by atoms with E-state index in [0.29, 0.717) is 12.8 Å². The highest BCUT2D eigenvalue weighted by atomic mass is 31.2. The molecule has 0 heterocycles. The molecular formula is C38H70NO10P. The Hall–Kier alpha value is -2.04. The molecule has 0 aliphatic carbocycles. The Balaban J connectivity index is 3.98. The molecule has 292 valence electrons. The van der Waals surface area contributed by atoms with Gasteiger partial charge in [0.2, 0.25) is 5.91 Å². The van der Waals surface area contributed by atoms with Gasteiger partial charge < -0.3 is 25.2 Å². The SMILES string of the molecule is CCCC/C=C\C/C=C\CCCCCCCC(=O)NC(COP(=O)(O)OCC(O)COC(=O)CCCCCCCCCCCCCC)C(=O)O. The molecule has 0 fully saturated rings. The monoisotopic (exact) mass is 731 g/mol. The van der Waals surface area contributed by atoms with Gasteiger partial charge in [0.1, 0.15) is 12.7 Å². The van der Waals surface area contributed by atoms with Crippen LogP contribution in [-0.4, -0.2) is 64.9 Å².